The van der Waals surface area contributed by atoms with Gasteiger partial charge in [0.1, 0.15) is 29.6 Å². The molecule has 1 N–H and O–H groups in total. The third kappa shape index (κ3) is 4.12. The average molecular weight is 404 g/mol. The van der Waals surface area contributed by atoms with E-state index in [-0.39, 0.29) is 18.3 Å². The zero-order valence-electron chi connectivity index (χ0n) is 16.3. The fraction of sp³-hybridized carbons (Fsp3) is 0.125. The number of rotatable bonds is 8. The van der Waals surface area contributed by atoms with Crippen LogP contribution in [-0.2, 0) is 19.7 Å². The summed E-state index contributed by atoms with van der Waals surface area (Å²) in [6.07, 6.45) is 3.31. The van der Waals surface area contributed by atoms with Gasteiger partial charge in [-0.1, -0.05) is 24.3 Å². The molecule has 2 aromatic heterocycles. The molecule has 2 aromatic carbocycles. The lowest BCUT2D eigenvalue weighted by Gasteiger charge is -2.10. The van der Waals surface area contributed by atoms with Crippen molar-refractivity contribution < 1.29 is 18.3 Å². The van der Waals surface area contributed by atoms with E-state index in [9.17, 15) is 9.18 Å². The monoisotopic (exact) mass is 404 g/mol. The van der Waals surface area contributed by atoms with Gasteiger partial charge in [0, 0.05) is 11.9 Å². The molecule has 0 saturated carbocycles. The van der Waals surface area contributed by atoms with Crippen molar-refractivity contribution in [2.24, 2.45) is 0 Å². The SMILES string of the molecule is C=CCn1c(C(=O)NCc2ccco2)cc2c(OCc3cccc(F)c3)cccc21. The highest BCUT2D eigenvalue weighted by Gasteiger charge is 2.17. The van der Waals surface area contributed by atoms with E-state index >= 15 is 0 Å². The number of furan rings is 1. The van der Waals surface area contributed by atoms with Gasteiger partial charge in [0.05, 0.1) is 18.3 Å². The number of carbonyl (C=O) groups is 1. The van der Waals surface area contributed by atoms with Crippen molar-refractivity contribution in [1.29, 1.82) is 0 Å². The van der Waals surface area contributed by atoms with E-state index in [1.807, 2.05) is 22.8 Å². The van der Waals surface area contributed by atoms with Crippen molar-refractivity contribution in [1.82, 2.24) is 9.88 Å². The highest BCUT2D eigenvalue weighted by Crippen LogP contribution is 2.30. The van der Waals surface area contributed by atoms with E-state index in [1.165, 1.54) is 12.1 Å². The molecule has 0 saturated heterocycles. The predicted molar refractivity (Wildman–Crippen MR) is 113 cm³/mol. The van der Waals surface area contributed by atoms with E-state index in [4.69, 9.17) is 9.15 Å². The number of allylic oxidation sites excluding steroid dienone is 1. The number of aromatic nitrogens is 1. The number of hydrogen-bond donors (Lipinski definition) is 1. The fourth-order valence-electron chi connectivity index (χ4n) is 3.36. The minimum atomic E-state index is -0.304. The Kier molecular flexibility index (Phi) is 5.66. The first-order valence-electron chi connectivity index (χ1n) is 9.56. The van der Waals surface area contributed by atoms with Crippen LogP contribution >= 0.6 is 0 Å². The summed E-state index contributed by atoms with van der Waals surface area (Å²) in [7, 11) is 0. The van der Waals surface area contributed by atoms with E-state index in [2.05, 4.69) is 11.9 Å². The second-order valence-electron chi connectivity index (χ2n) is 6.80. The van der Waals surface area contributed by atoms with Gasteiger partial charge in [0.25, 0.3) is 5.91 Å². The van der Waals surface area contributed by atoms with Gasteiger partial charge >= 0.3 is 0 Å². The summed E-state index contributed by atoms with van der Waals surface area (Å²) in [5.74, 6) is 0.774. The molecular formula is C24H21FN2O3. The summed E-state index contributed by atoms with van der Waals surface area (Å²) in [6.45, 7) is 4.80. The Morgan fingerprint density at radius 1 is 1.17 bits per heavy atom. The van der Waals surface area contributed by atoms with Crippen molar-refractivity contribution in [3.8, 4) is 5.75 Å². The molecule has 0 aliphatic rings. The summed E-state index contributed by atoms with van der Waals surface area (Å²) in [5.41, 5.74) is 2.09. The number of hydrogen-bond acceptors (Lipinski definition) is 3. The first-order chi connectivity index (χ1) is 14.7. The Balaban J connectivity index is 1.62. The summed E-state index contributed by atoms with van der Waals surface area (Å²) in [4.78, 5) is 12.8. The van der Waals surface area contributed by atoms with Crippen LogP contribution < -0.4 is 10.1 Å². The molecule has 152 valence electrons. The maximum Gasteiger partial charge on any atom is 0.268 e. The standard InChI is InChI=1S/C24H21FN2O3/c1-2-11-27-21-9-4-10-23(30-16-17-6-3-7-18(25)13-17)20(21)14-22(27)24(28)26-15-19-8-5-12-29-19/h2-10,12-14H,1,11,15-16H2,(H,26,28). The molecule has 2 heterocycles. The van der Waals surface area contributed by atoms with Gasteiger partial charge in [0.2, 0.25) is 0 Å². The van der Waals surface area contributed by atoms with Gasteiger partial charge in [-0.15, -0.1) is 6.58 Å². The largest absolute Gasteiger partial charge is 0.488 e. The van der Waals surface area contributed by atoms with Crippen molar-refractivity contribution in [3.05, 3.63) is 102 Å². The number of amides is 1. The third-order valence-corrected chi connectivity index (χ3v) is 4.74. The van der Waals surface area contributed by atoms with Crippen molar-refractivity contribution >= 4 is 16.8 Å². The molecule has 5 nitrogen and oxygen atoms in total. The molecule has 0 aliphatic heterocycles. The van der Waals surface area contributed by atoms with E-state index in [0.29, 0.717) is 30.3 Å². The molecule has 6 heteroatoms. The molecule has 0 radical (unpaired) electrons. The average Bonchev–Trinajstić information content (AvgIpc) is 3.39. The van der Waals surface area contributed by atoms with Gasteiger partial charge in [-0.2, -0.15) is 0 Å². The zero-order chi connectivity index (χ0) is 20.9. The van der Waals surface area contributed by atoms with Crippen LogP contribution in [0.1, 0.15) is 21.8 Å². The number of fused-ring (bicyclic) bond motifs is 1. The normalized spacial score (nSPS) is 10.8. The molecule has 4 rings (SSSR count). The van der Waals surface area contributed by atoms with Gasteiger partial charge in [-0.05, 0) is 48.0 Å². The number of ether oxygens (including phenoxy) is 1. The second kappa shape index (κ2) is 8.69. The molecule has 30 heavy (non-hydrogen) atoms. The van der Waals surface area contributed by atoms with Crippen molar-refractivity contribution in [3.63, 3.8) is 0 Å². The Morgan fingerprint density at radius 3 is 2.80 bits per heavy atom. The van der Waals surface area contributed by atoms with Crippen LogP contribution in [0.5, 0.6) is 5.75 Å². The molecule has 0 aliphatic carbocycles. The maximum atomic E-state index is 13.4. The smallest absolute Gasteiger partial charge is 0.268 e. The number of carbonyl (C=O) groups excluding carboxylic acids is 1. The maximum absolute atomic E-state index is 13.4. The number of halogens is 1. The number of benzene rings is 2. The van der Waals surface area contributed by atoms with Crippen LogP contribution in [-0.4, -0.2) is 10.5 Å². The summed E-state index contributed by atoms with van der Waals surface area (Å²) < 4.78 is 26.5. The highest BCUT2D eigenvalue weighted by atomic mass is 19.1. The van der Waals surface area contributed by atoms with Crippen LogP contribution in [0.15, 0.2) is 84.0 Å². The minimum absolute atomic E-state index is 0.222. The van der Waals surface area contributed by atoms with Crippen molar-refractivity contribution in [2.45, 2.75) is 19.7 Å². The lowest BCUT2D eigenvalue weighted by molar-refractivity contribution is 0.0939. The van der Waals surface area contributed by atoms with E-state index in [1.54, 1.807) is 42.7 Å². The molecule has 0 spiro atoms. The summed E-state index contributed by atoms with van der Waals surface area (Å²) in [6, 6.07) is 17.3. The number of nitrogens with zero attached hydrogens (tertiary/aromatic N) is 1. The second-order valence-corrected chi connectivity index (χ2v) is 6.80. The zero-order valence-corrected chi connectivity index (χ0v) is 16.3. The van der Waals surface area contributed by atoms with Gasteiger partial charge in [-0.3, -0.25) is 4.79 Å². The lowest BCUT2D eigenvalue weighted by Crippen LogP contribution is -2.25. The van der Waals surface area contributed by atoms with E-state index in [0.717, 1.165) is 16.5 Å². The van der Waals surface area contributed by atoms with Crippen LogP contribution in [0.4, 0.5) is 4.39 Å². The first-order valence-corrected chi connectivity index (χ1v) is 9.56. The molecule has 0 fully saturated rings. The lowest BCUT2D eigenvalue weighted by atomic mass is 10.2. The first kappa shape index (κ1) is 19.5. The van der Waals surface area contributed by atoms with Gasteiger partial charge in [0.15, 0.2) is 0 Å². The quantitative estimate of drug-likeness (QED) is 0.417. The molecular weight excluding hydrogens is 383 g/mol. The minimum Gasteiger partial charge on any atom is -0.488 e. The van der Waals surface area contributed by atoms with Gasteiger partial charge in [-0.25, -0.2) is 4.39 Å². The topological polar surface area (TPSA) is 56.4 Å². The molecule has 1 amide bonds. The predicted octanol–water partition coefficient (Wildman–Crippen LogP) is 5.07. The molecule has 0 unspecified atom stereocenters. The summed E-state index contributed by atoms with van der Waals surface area (Å²) >= 11 is 0. The fourth-order valence-corrected chi connectivity index (χ4v) is 3.36. The Bertz CT molecular complexity index is 1180. The van der Waals surface area contributed by atoms with Crippen LogP contribution in [0, 0.1) is 5.82 Å². The van der Waals surface area contributed by atoms with E-state index < -0.39 is 0 Å². The Labute approximate surface area is 173 Å². The van der Waals surface area contributed by atoms with Crippen LogP contribution in [0.25, 0.3) is 10.9 Å². The molecule has 0 atom stereocenters. The summed E-state index contributed by atoms with van der Waals surface area (Å²) in [5, 5.41) is 3.68. The van der Waals surface area contributed by atoms with Crippen LogP contribution in [0.2, 0.25) is 0 Å². The number of nitrogens with one attached hydrogen (secondary N) is 1. The van der Waals surface area contributed by atoms with Gasteiger partial charge < -0.3 is 19.0 Å². The Hall–Kier alpha value is -3.80. The van der Waals surface area contributed by atoms with Crippen LogP contribution in [0.3, 0.4) is 0 Å². The molecule has 4 aromatic rings. The highest BCUT2D eigenvalue weighted by molar-refractivity contribution is 6.00. The Morgan fingerprint density at radius 2 is 2.03 bits per heavy atom. The third-order valence-electron chi connectivity index (χ3n) is 4.74. The van der Waals surface area contributed by atoms with Crippen molar-refractivity contribution in [2.75, 3.05) is 0 Å². The molecule has 0 bridgehead atoms.